The standard InChI is InChI=1S/C25H24N4O4/c1-16-21(17(2)33-29-16)15-32-22-10-4-18(14-23(22)31-3)5-11-24(30)28-20-8-6-19(7-9-20)25-26-12-13-27-25/h4-14H,15H2,1-3H3,(H,26,27)(H,28,30). The van der Waals surface area contributed by atoms with Gasteiger partial charge in [0.2, 0.25) is 5.91 Å². The van der Waals surface area contributed by atoms with Crippen LogP contribution in [0.2, 0.25) is 0 Å². The highest BCUT2D eigenvalue weighted by molar-refractivity contribution is 6.02. The van der Waals surface area contributed by atoms with Gasteiger partial charge in [-0.05, 0) is 61.9 Å². The molecule has 0 bridgehead atoms. The number of hydrogen-bond donors (Lipinski definition) is 2. The van der Waals surface area contributed by atoms with Crippen molar-refractivity contribution in [2.24, 2.45) is 0 Å². The molecule has 0 radical (unpaired) electrons. The zero-order valence-corrected chi connectivity index (χ0v) is 18.6. The third-order valence-corrected chi connectivity index (χ3v) is 5.09. The third-order valence-electron chi connectivity index (χ3n) is 5.09. The molecule has 0 fully saturated rings. The molecule has 2 N–H and O–H groups in total. The van der Waals surface area contributed by atoms with Crippen molar-refractivity contribution in [2.45, 2.75) is 20.5 Å². The van der Waals surface area contributed by atoms with Crippen molar-refractivity contribution in [3.05, 3.63) is 83.5 Å². The second-order valence-corrected chi connectivity index (χ2v) is 7.34. The van der Waals surface area contributed by atoms with Gasteiger partial charge in [0.15, 0.2) is 11.5 Å². The Bertz CT molecular complexity index is 1240. The van der Waals surface area contributed by atoms with E-state index in [0.29, 0.717) is 23.8 Å². The minimum Gasteiger partial charge on any atom is -0.493 e. The molecular formula is C25H24N4O4. The van der Waals surface area contributed by atoms with Crippen LogP contribution in [0.3, 0.4) is 0 Å². The topological polar surface area (TPSA) is 102 Å². The number of aromatic nitrogens is 3. The van der Waals surface area contributed by atoms with E-state index in [-0.39, 0.29) is 5.91 Å². The Kier molecular flexibility index (Phi) is 6.54. The molecule has 0 aliphatic rings. The minimum absolute atomic E-state index is 0.238. The summed E-state index contributed by atoms with van der Waals surface area (Å²) in [4.78, 5) is 19.6. The molecular weight excluding hydrogens is 420 g/mol. The summed E-state index contributed by atoms with van der Waals surface area (Å²) in [5, 5.41) is 6.78. The van der Waals surface area contributed by atoms with Crippen molar-refractivity contribution in [3.63, 3.8) is 0 Å². The first-order valence-corrected chi connectivity index (χ1v) is 10.3. The van der Waals surface area contributed by atoms with Crippen molar-refractivity contribution < 1.29 is 18.8 Å². The molecule has 2 aromatic heterocycles. The Morgan fingerprint density at radius 3 is 2.64 bits per heavy atom. The highest BCUT2D eigenvalue weighted by atomic mass is 16.5. The van der Waals surface area contributed by atoms with Crippen LogP contribution < -0.4 is 14.8 Å². The lowest BCUT2D eigenvalue weighted by molar-refractivity contribution is -0.111. The summed E-state index contributed by atoms with van der Waals surface area (Å²) in [5.74, 6) is 2.43. The summed E-state index contributed by atoms with van der Waals surface area (Å²) in [5.41, 5.74) is 4.15. The van der Waals surface area contributed by atoms with Gasteiger partial charge in [-0.2, -0.15) is 0 Å². The number of aromatic amines is 1. The van der Waals surface area contributed by atoms with Gasteiger partial charge in [0.05, 0.1) is 18.4 Å². The molecule has 0 spiro atoms. The van der Waals surface area contributed by atoms with Gasteiger partial charge in [0.1, 0.15) is 18.2 Å². The third kappa shape index (κ3) is 5.30. The molecule has 0 saturated heterocycles. The van der Waals surface area contributed by atoms with Crippen LogP contribution in [-0.2, 0) is 11.4 Å². The molecule has 0 aliphatic carbocycles. The van der Waals surface area contributed by atoms with E-state index >= 15 is 0 Å². The fourth-order valence-electron chi connectivity index (χ4n) is 3.26. The van der Waals surface area contributed by atoms with E-state index in [0.717, 1.165) is 34.0 Å². The first kappa shape index (κ1) is 21.9. The quantitative estimate of drug-likeness (QED) is 0.374. The molecule has 4 aromatic rings. The lowest BCUT2D eigenvalue weighted by Crippen LogP contribution is -2.07. The van der Waals surface area contributed by atoms with E-state index in [9.17, 15) is 4.79 Å². The lowest BCUT2D eigenvalue weighted by Gasteiger charge is -2.11. The molecule has 0 saturated carbocycles. The van der Waals surface area contributed by atoms with Crippen LogP contribution >= 0.6 is 0 Å². The number of nitrogens with one attached hydrogen (secondary N) is 2. The Morgan fingerprint density at radius 2 is 1.97 bits per heavy atom. The van der Waals surface area contributed by atoms with Crippen molar-refractivity contribution in [1.29, 1.82) is 0 Å². The van der Waals surface area contributed by atoms with Gasteiger partial charge < -0.3 is 24.3 Å². The van der Waals surface area contributed by atoms with E-state index in [4.69, 9.17) is 14.0 Å². The summed E-state index contributed by atoms with van der Waals surface area (Å²) >= 11 is 0. The second-order valence-electron chi connectivity index (χ2n) is 7.34. The zero-order chi connectivity index (χ0) is 23.2. The van der Waals surface area contributed by atoms with Crippen LogP contribution in [0.25, 0.3) is 17.5 Å². The largest absolute Gasteiger partial charge is 0.493 e. The number of aryl methyl sites for hydroxylation is 2. The number of methoxy groups -OCH3 is 1. The van der Waals surface area contributed by atoms with E-state index in [1.165, 1.54) is 6.08 Å². The van der Waals surface area contributed by atoms with Crippen LogP contribution in [0.4, 0.5) is 5.69 Å². The molecule has 1 amide bonds. The normalized spacial score (nSPS) is 11.0. The zero-order valence-electron chi connectivity index (χ0n) is 18.6. The average Bonchev–Trinajstić information content (AvgIpc) is 3.47. The number of rotatable bonds is 8. The molecule has 0 unspecified atom stereocenters. The molecule has 2 aromatic carbocycles. The highest BCUT2D eigenvalue weighted by Crippen LogP contribution is 2.30. The predicted molar refractivity (Wildman–Crippen MR) is 125 cm³/mol. The van der Waals surface area contributed by atoms with Gasteiger partial charge in [-0.15, -0.1) is 0 Å². The fraction of sp³-hybridized carbons (Fsp3) is 0.160. The number of amides is 1. The number of hydrogen-bond acceptors (Lipinski definition) is 6. The Labute approximate surface area is 191 Å². The number of carbonyl (C=O) groups is 1. The van der Waals surface area contributed by atoms with Crippen molar-refractivity contribution in [3.8, 4) is 22.9 Å². The Morgan fingerprint density at radius 1 is 1.15 bits per heavy atom. The number of ether oxygens (including phenoxy) is 2. The van der Waals surface area contributed by atoms with Gasteiger partial charge in [0, 0.05) is 29.7 Å². The highest BCUT2D eigenvalue weighted by Gasteiger charge is 2.12. The van der Waals surface area contributed by atoms with Crippen molar-refractivity contribution >= 4 is 17.7 Å². The average molecular weight is 444 g/mol. The summed E-state index contributed by atoms with van der Waals surface area (Å²) in [6.45, 7) is 4.05. The van der Waals surface area contributed by atoms with E-state index in [1.54, 1.807) is 25.6 Å². The summed E-state index contributed by atoms with van der Waals surface area (Å²) in [6.07, 6.45) is 6.65. The minimum atomic E-state index is -0.238. The van der Waals surface area contributed by atoms with Crippen LogP contribution in [0.5, 0.6) is 11.5 Å². The maximum atomic E-state index is 12.3. The fourth-order valence-corrected chi connectivity index (χ4v) is 3.26. The molecule has 33 heavy (non-hydrogen) atoms. The van der Waals surface area contributed by atoms with Crippen molar-refractivity contribution in [1.82, 2.24) is 15.1 Å². The number of benzene rings is 2. The lowest BCUT2D eigenvalue weighted by atomic mass is 10.1. The van der Waals surface area contributed by atoms with Crippen LogP contribution in [0.1, 0.15) is 22.6 Å². The monoisotopic (exact) mass is 444 g/mol. The molecule has 8 nitrogen and oxygen atoms in total. The van der Waals surface area contributed by atoms with Crippen LogP contribution in [0.15, 0.2) is 65.5 Å². The van der Waals surface area contributed by atoms with E-state index in [2.05, 4.69) is 20.4 Å². The number of anilines is 1. The molecule has 0 aliphatic heterocycles. The Hall–Kier alpha value is -4.33. The first-order valence-electron chi connectivity index (χ1n) is 10.3. The predicted octanol–water partition coefficient (Wildman–Crippen LogP) is 4.92. The number of nitrogens with zero attached hydrogens (tertiary/aromatic N) is 2. The van der Waals surface area contributed by atoms with E-state index in [1.807, 2.05) is 56.3 Å². The number of carbonyl (C=O) groups excluding carboxylic acids is 1. The van der Waals surface area contributed by atoms with Gasteiger partial charge in [-0.1, -0.05) is 11.2 Å². The summed E-state index contributed by atoms with van der Waals surface area (Å²) < 4.78 is 16.5. The van der Waals surface area contributed by atoms with Gasteiger partial charge in [0.25, 0.3) is 0 Å². The maximum absolute atomic E-state index is 12.3. The SMILES string of the molecule is COc1cc(C=CC(=O)Nc2ccc(-c3ncc[nH]3)cc2)ccc1OCc1c(C)noc1C. The number of imidazole rings is 1. The molecule has 4 rings (SSSR count). The summed E-state index contributed by atoms with van der Waals surface area (Å²) in [7, 11) is 1.57. The number of H-pyrrole nitrogens is 1. The van der Waals surface area contributed by atoms with Gasteiger partial charge in [-0.3, -0.25) is 4.79 Å². The van der Waals surface area contributed by atoms with Crippen LogP contribution in [-0.4, -0.2) is 28.1 Å². The smallest absolute Gasteiger partial charge is 0.248 e. The molecule has 0 atom stereocenters. The van der Waals surface area contributed by atoms with Crippen molar-refractivity contribution in [2.75, 3.05) is 12.4 Å². The first-order chi connectivity index (χ1) is 16.0. The molecule has 2 heterocycles. The van der Waals surface area contributed by atoms with Gasteiger partial charge >= 0.3 is 0 Å². The van der Waals surface area contributed by atoms with E-state index < -0.39 is 0 Å². The maximum Gasteiger partial charge on any atom is 0.248 e. The second kappa shape index (κ2) is 9.86. The molecule has 8 heteroatoms. The van der Waals surface area contributed by atoms with Gasteiger partial charge in [-0.25, -0.2) is 4.98 Å². The summed E-state index contributed by atoms with van der Waals surface area (Å²) in [6, 6.07) is 12.9. The molecule has 168 valence electrons. The Balaban J connectivity index is 1.37. The van der Waals surface area contributed by atoms with Crippen LogP contribution in [0, 0.1) is 13.8 Å².